The first-order chi connectivity index (χ1) is 9.46. The van der Waals surface area contributed by atoms with Gasteiger partial charge in [-0.05, 0) is 43.9 Å². The number of fused-ring (bicyclic) bond motifs is 1. The number of hydrogen-bond acceptors (Lipinski definition) is 4. The average molecular weight is 293 g/mol. The highest BCUT2D eigenvalue weighted by Crippen LogP contribution is 2.48. The van der Waals surface area contributed by atoms with Gasteiger partial charge in [0, 0.05) is 18.4 Å². The zero-order valence-electron chi connectivity index (χ0n) is 12.6. The van der Waals surface area contributed by atoms with Gasteiger partial charge in [0.05, 0.1) is 0 Å². The first kappa shape index (κ1) is 14.2. The highest BCUT2D eigenvalue weighted by Gasteiger charge is 2.43. The molecule has 1 heterocycles. The van der Waals surface area contributed by atoms with E-state index in [1.54, 1.807) is 18.4 Å². The van der Waals surface area contributed by atoms with Gasteiger partial charge in [0.15, 0.2) is 5.78 Å². The lowest BCUT2D eigenvalue weighted by Crippen LogP contribution is -2.36. The van der Waals surface area contributed by atoms with E-state index in [0.29, 0.717) is 11.8 Å². The molecule has 110 valence electrons. The SMILES string of the molecule is COC1(c2nc3c(s2)CCCC3=O)CCC(C)(C)CC1. The molecule has 1 aromatic rings. The molecule has 20 heavy (non-hydrogen) atoms. The van der Waals surface area contributed by atoms with Crippen molar-refractivity contribution < 1.29 is 9.53 Å². The molecule has 4 heteroatoms. The van der Waals surface area contributed by atoms with Crippen LogP contribution in [0.4, 0.5) is 0 Å². The lowest BCUT2D eigenvalue weighted by atomic mass is 9.71. The molecule has 0 amide bonds. The van der Waals surface area contributed by atoms with E-state index in [9.17, 15) is 4.79 Å². The summed E-state index contributed by atoms with van der Waals surface area (Å²) >= 11 is 1.71. The smallest absolute Gasteiger partial charge is 0.182 e. The summed E-state index contributed by atoms with van der Waals surface area (Å²) in [5.74, 6) is 0.219. The van der Waals surface area contributed by atoms with Crippen molar-refractivity contribution in [2.45, 2.75) is 64.4 Å². The van der Waals surface area contributed by atoms with Crippen molar-refractivity contribution in [3.05, 3.63) is 15.6 Å². The lowest BCUT2D eigenvalue weighted by Gasteiger charge is -2.41. The number of aromatic nitrogens is 1. The van der Waals surface area contributed by atoms with Crippen LogP contribution in [0.1, 0.15) is 72.7 Å². The fraction of sp³-hybridized carbons (Fsp3) is 0.750. The Morgan fingerprint density at radius 2 is 1.85 bits per heavy atom. The Labute approximate surface area is 124 Å². The van der Waals surface area contributed by atoms with Gasteiger partial charge in [-0.2, -0.15) is 0 Å². The molecular weight excluding hydrogens is 270 g/mol. The standard InChI is InChI=1S/C16H23NO2S/c1-15(2)7-9-16(19-3,10-8-15)14-17-13-11(18)5-4-6-12(13)20-14/h4-10H2,1-3H3. The van der Waals surface area contributed by atoms with Gasteiger partial charge in [-0.15, -0.1) is 11.3 Å². The number of ether oxygens (including phenoxy) is 1. The molecule has 0 saturated heterocycles. The van der Waals surface area contributed by atoms with Crippen LogP contribution < -0.4 is 0 Å². The molecule has 1 saturated carbocycles. The van der Waals surface area contributed by atoms with Gasteiger partial charge in [0.25, 0.3) is 0 Å². The summed E-state index contributed by atoms with van der Waals surface area (Å²) in [6.07, 6.45) is 6.96. The molecule has 0 radical (unpaired) electrons. The van der Waals surface area contributed by atoms with E-state index in [-0.39, 0.29) is 11.4 Å². The van der Waals surface area contributed by atoms with Crippen LogP contribution in [0.15, 0.2) is 0 Å². The Hall–Kier alpha value is -0.740. The monoisotopic (exact) mass is 293 g/mol. The molecule has 0 aliphatic heterocycles. The summed E-state index contributed by atoms with van der Waals surface area (Å²) < 4.78 is 5.91. The van der Waals surface area contributed by atoms with Crippen molar-refractivity contribution >= 4 is 17.1 Å². The van der Waals surface area contributed by atoms with E-state index >= 15 is 0 Å². The molecule has 0 spiro atoms. The van der Waals surface area contributed by atoms with Crippen LogP contribution in [0, 0.1) is 5.41 Å². The third kappa shape index (κ3) is 2.33. The highest BCUT2D eigenvalue weighted by molar-refractivity contribution is 7.12. The molecule has 0 unspecified atom stereocenters. The largest absolute Gasteiger partial charge is 0.371 e. The molecule has 3 nitrogen and oxygen atoms in total. The first-order valence-corrected chi connectivity index (χ1v) is 8.36. The fourth-order valence-electron chi connectivity index (χ4n) is 3.30. The number of aryl methyl sites for hydroxylation is 1. The van der Waals surface area contributed by atoms with E-state index < -0.39 is 0 Å². The minimum Gasteiger partial charge on any atom is -0.371 e. The summed E-state index contributed by atoms with van der Waals surface area (Å²) in [4.78, 5) is 17.8. The zero-order chi connectivity index (χ0) is 14.4. The molecule has 0 atom stereocenters. The number of rotatable bonds is 2. The Morgan fingerprint density at radius 3 is 2.45 bits per heavy atom. The van der Waals surface area contributed by atoms with E-state index in [1.807, 2.05) is 0 Å². The Kier molecular flexibility index (Phi) is 3.49. The quantitative estimate of drug-likeness (QED) is 0.824. The number of ketones is 1. The maximum absolute atomic E-state index is 12.0. The number of carbonyl (C=O) groups excluding carboxylic acids is 1. The van der Waals surface area contributed by atoms with Crippen molar-refractivity contribution in [1.82, 2.24) is 4.98 Å². The van der Waals surface area contributed by atoms with Crippen molar-refractivity contribution in [3.8, 4) is 0 Å². The van der Waals surface area contributed by atoms with Gasteiger partial charge in [-0.1, -0.05) is 13.8 Å². The predicted octanol–water partition coefficient (Wildman–Crippen LogP) is 4.10. The van der Waals surface area contributed by atoms with Crippen LogP contribution in [-0.2, 0) is 16.8 Å². The summed E-state index contributed by atoms with van der Waals surface area (Å²) in [5, 5.41) is 1.04. The Bertz CT molecular complexity index is 523. The van der Waals surface area contributed by atoms with Gasteiger partial charge in [-0.3, -0.25) is 4.79 Å². The molecule has 2 aliphatic carbocycles. The Balaban J connectivity index is 1.93. The second-order valence-electron chi connectivity index (χ2n) is 6.93. The summed E-state index contributed by atoms with van der Waals surface area (Å²) in [7, 11) is 1.79. The third-order valence-electron chi connectivity index (χ3n) is 4.96. The van der Waals surface area contributed by atoms with E-state index in [1.165, 1.54) is 4.88 Å². The van der Waals surface area contributed by atoms with Crippen LogP contribution in [0.25, 0.3) is 0 Å². The van der Waals surface area contributed by atoms with Gasteiger partial charge in [0.1, 0.15) is 16.3 Å². The first-order valence-electron chi connectivity index (χ1n) is 7.54. The average Bonchev–Trinajstić information content (AvgIpc) is 2.85. The van der Waals surface area contributed by atoms with E-state index in [0.717, 1.165) is 49.2 Å². The molecule has 2 aliphatic rings. The number of thiazole rings is 1. The molecule has 0 bridgehead atoms. The topological polar surface area (TPSA) is 39.2 Å². The molecule has 0 N–H and O–H groups in total. The van der Waals surface area contributed by atoms with Gasteiger partial charge < -0.3 is 4.74 Å². The maximum atomic E-state index is 12.0. The minimum absolute atomic E-state index is 0.219. The predicted molar refractivity (Wildman–Crippen MR) is 80.3 cm³/mol. The van der Waals surface area contributed by atoms with Crippen LogP contribution in [-0.4, -0.2) is 17.9 Å². The number of carbonyl (C=O) groups is 1. The number of nitrogens with zero attached hydrogens (tertiary/aromatic N) is 1. The lowest BCUT2D eigenvalue weighted by molar-refractivity contribution is -0.0667. The van der Waals surface area contributed by atoms with Gasteiger partial charge in [0.2, 0.25) is 0 Å². The van der Waals surface area contributed by atoms with Crippen molar-refractivity contribution in [1.29, 1.82) is 0 Å². The van der Waals surface area contributed by atoms with Crippen LogP contribution in [0.5, 0.6) is 0 Å². The van der Waals surface area contributed by atoms with E-state index in [2.05, 4.69) is 13.8 Å². The summed E-state index contributed by atoms with van der Waals surface area (Å²) in [6, 6.07) is 0. The number of methoxy groups -OCH3 is 1. The zero-order valence-corrected chi connectivity index (χ0v) is 13.4. The Morgan fingerprint density at radius 1 is 1.15 bits per heavy atom. The minimum atomic E-state index is -0.252. The summed E-state index contributed by atoms with van der Waals surface area (Å²) in [5.41, 5.74) is 0.879. The summed E-state index contributed by atoms with van der Waals surface area (Å²) in [6.45, 7) is 4.64. The molecular formula is C16H23NO2S. The van der Waals surface area contributed by atoms with Crippen LogP contribution in [0.2, 0.25) is 0 Å². The van der Waals surface area contributed by atoms with Crippen LogP contribution in [0.3, 0.4) is 0 Å². The van der Waals surface area contributed by atoms with E-state index in [4.69, 9.17) is 9.72 Å². The molecule has 0 aromatic carbocycles. The van der Waals surface area contributed by atoms with Crippen LogP contribution >= 0.6 is 11.3 Å². The second kappa shape index (κ2) is 4.92. The van der Waals surface area contributed by atoms with Gasteiger partial charge in [-0.25, -0.2) is 4.98 Å². The molecule has 1 fully saturated rings. The second-order valence-corrected chi connectivity index (χ2v) is 8.01. The fourth-order valence-corrected chi connectivity index (χ4v) is 4.64. The van der Waals surface area contributed by atoms with Gasteiger partial charge >= 0.3 is 0 Å². The normalized spacial score (nSPS) is 24.4. The third-order valence-corrected chi connectivity index (χ3v) is 6.26. The molecule has 3 rings (SSSR count). The van der Waals surface area contributed by atoms with Crippen molar-refractivity contribution in [2.24, 2.45) is 5.41 Å². The maximum Gasteiger partial charge on any atom is 0.182 e. The van der Waals surface area contributed by atoms with Crippen molar-refractivity contribution in [2.75, 3.05) is 7.11 Å². The number of Topliss-reactive ketones (excluding diaryl/α,β-unsaturated/α-hetero) is 1. The number of hydrogen-bond donors (Lipinski definition) is 0. The van der Waals surface area contributed by atoms with Crippen molar-refractivity contribution in [3.63, 3.8) is 0 Å². The highest BCUT2D eigenvalue weighted by atomic mass is 32.1. The molecule has 1 aromatic heterocycles.